The lowest BCUT2D eigenvalue weighted by Gasteiger charge is -2.23. The summed E-state index contributed by atoms with van der Waals surface area (Å²) in [6.45, 7) is 15.5. The van der Waals surface area contributed by atoms with Gasteiger partial charge < -0.3 is 0 Å². The maximum atomic E-state index is 4.71. The second-order valence-corrected chi connectivity index (χ2v) is 7.41. The molecule has 1 aromatic heterocycles. The molecule has 0 unspecified atom stereocenters. The lowest BCUT2D eigenvalue weighted by atomic mass is 9.83. The van der Waals surface area contributed by atoms with Gasteiger partial charge in [0.2, 0.25) is 0 Å². The number of aromatic nitrogens is 2. The van der Waals surface area contributed by atoms with Crippen molar-refractivity contribution in [1.29, 1.82) is 0 Å². The average molecular weight is 240 g/mol. The Morgan fingerprint density at radius 2 is 1.69 bits per heavy atom. The minimum Gasteiger partial charge on any atom is -0.223 e. The Labute approximate surface area is 104 Å². The van der Waals surface area contributed by atoms with E-state index in [1.807, 2.05) is 0 Å². The van der Waals surface area contributed by atoms with Gasteiger partial charge in [0.25, 0.3) is 0 Å². The highest BCUT2D eigenvalue weighted by atomic mass is 32.1. The molecule has 0 N–H and O–H groups in total. The van der Waals surface area contributed by atoms with Crippen molar-refractivity contribution < 1.29 is 0 Å². The molecule has 0 bridgehead atoms. The molecule has 0 radical (unpaired) electrons. The Morgan fingerprint density at radius 3 is 2.06 bits per heavy atom. The molecule has 0 saturated heterocycles. The molecule has 92 valence electrons. The summed E-state index contributed by atoms with van der Waals surface area (Å²) >= 11 is 1.55. The summed E-state index contributed by atoms with van der Waals surface area (Å²) in [5, 5.41) is 1.14. The lowest BCUT2D eigenvalue weighted by Crippen LogP contribution is -2.22. The Hall–Kier alpha value is -0.440. The second kappa shape index (κ2) is 4.44. The van der Waals surface area contributed by atoms with E-state index >= 15 is 0 Å². The first-order valence-corrected chi connectivity index (χ1v) is 6.75. The van der Waals surface area contributed by atoms with Crippen molar-refractivity contribution in [2.75, 3.05) is 0 Å². The molecule has 0 fully saturated rings. The third-order valence-electron chi connectivity index (χ3n) is 2.59. The summed E-state index contributed by atoms with van der Waals surface area (Å²) in [7, 11) is 0. The van der Waals surface area contributed by atoms with Crippen molar-refractivity contribution in [1.82, 2.24) is 9.36 Å². The van der Waals surface area contributed by atoms with Gasteiger partial charge in [-0.1, -0.05) is 48.5 Å². The van der Waals surface area contributed by atoms with Gasteiger partial charge in [0.15, 0.2) is 0 Å². The van der Waals surface area contributed by atoms with E-state index in [-0.39, 0.29) is 10.8 Å². The fraction of sp³-hybridized carbons (Fsp3) is 0.846. The zero-order valence-electron chi connectivity index (χ0n) is 11.6. The molecule has 1 aromatic rings. The van der Waals surface area contributed by atoms with Gasteiger partial charge in [-0.15, -0.1) is 0 Å². The summed E-state index contributed by atoms with van der Waals surface area (Å²) in [5.74, 6) is 1.69. The quantitative estimate of drug-likeness (QED) is 0.793. The topological polar surface area (TPSA) is 25.8 Å². The predicted molar refractivity (Wildman–Crippen MR) is 71.1 cm³/mol. The Balaban J connectivity index is 2.93. The monoisotopic (exact) mass is 240 g/mol. The van der Waals surface area contributed by atoms with Crippen LogP contribution in [0.15, 0.2) is 0 Å². The van der Waals surface area contributed by atoms with Gasteiger partial charge >= 0.3 is 0 Å². The van der Waals surface area contributed by atoms with Gasteiger partial charge in [0, 0.05) is 10.8 Å². The first kappa shape index (κ1) is 13.6. The molecule has 3 heteroatoms. The first-order chi connectivity index (χ1) is 7.13. The first-order valence-electron chi connectivity index (χ1n) is 5.97. The number of hydrogen-bond acceptors (Lipinski definition) is 3. The van der Waals surface area contributed by atoms with Gasteiger partial charge in [-0.2, -0.15) is 4.37 Å². The average Bonchev–Trinajstić information content (AvgIpc) is 2.47. The van der Waals surface area contributed by atoms with Crippen LogP contribution in [0.25, 0.3) is 0 Å². The molecule has 0 aliphatic carbocycles. The van der Waals surface area contributed by atoms with E-state index in [1.54, 1.807) is 11.5 Å². The van der Waals surface area contributed by atoms with E-state index < -0.39 is 0 Å². The van der Waals surface area contributed by atoms with E-state index in [2.05, 4.69) is 52.8 Å². The van der Waals surface area contributed by atoms with Crippen LogP contribution < -0.4 is 0 Å². The molecular weight excluding hydrogens is 216 g/mol. The molecule has 16 heavy (non-hydrogen) atoms. The smallest absolute Gasteiger partial charge is 0.148 e. The largest absolute Gasteiger partial charge is 0.223 e. The van der Waals surface area contributed by atoms with Crippen LogP contribution in [0.1, 0.15) is 65.7 Å². The molecule has 0 aromatic carbocycles. The third kappa shape index (κ3) is 3.27. The molecular formula is C13H24N2S. The molecule has 2 nitrogen and oxygen atoms in total. The van der Waals surface area contributed by atoms with Crippen LogP contribution in [0.4, 0.5) is 0 Å². The maximum absolute atomic E-state index is 4.71. The maximum Gasteiger partial charge on any atom is 0.148 e. The summed E-state index contributed by atoms with van der Waals surface area (Å²) in [6.07, 6.45) is 1.13. The predicted octanol–water partition coefficient (Wildman–Crippen LogP) is 4.16. The lowest BCUT2D eigenvalue weighted by molar-refractivity contribution is 0.382. The van der Waals surface area contributed by atoms with Crippen LogP contribution in [0, 0.1) is 5.92 Å². The zero-order chi connectivity index (χ0) is 12.6. The summed E-state index contributed by atoms with van der Waals surface area (Å²) < 4.78 is 4.54. The van der Waals surface area contributed by atoms with Crippen LogP contribution in [0.3, 0.4) is 0 Å². The Kier molecular flexibility index (Phi) is 3.78. The number of rotatable bonds is 3. The molecule has 0 aliphatic rings. The van der Waals surface area contributed by atoms with Crippen LogP contribution in [-0.2, 0) is 10.8 Å². The molecule has 1 heterocycles. The normalized spacial score (nSPS) is 13.5. The second-order valence-electron chi connectivity index (χ2n) is 6.65. The minimum atomic E-state index is 0.0914. The van der Waals surface area contributed by atoms with Gasteiger partial charge in [-0.05, 0) is 23.9 Å². The molecule has 0 spiro atoms. The van der Waals surface area contributed by atoms with Crippen LogP contribution in [0.5, 0.6) is 0 Å². The third-order valence-corrected chi connectivity index (χ3v) is 3.73. The fourth-order valence-corrected chi connectivity index (χ4v) is 2.78. The van der Waals surface area contributed by atoms with Crippen LogP contribution in [-0.4, -0.2) is 9.36 Å². The highest BCUT2D eigenvalue weighted by molar-refractivity contribution is 7.05. The van der Waals surface area contributed by atoms with Crippen molar-refractivity contribution in [3.05, 3.63) is 10.8 Å². The highest BCUT2D eigenvalue weighted by Crippen LogP contribution is 2.32. The highest BCUT2D eigenvalue weighted by Gasteiger charge is 2.29. The van der Waals surface area contributed by atoms with Gasteiger partial charge in [-0.3, -0.25) is 0 Å². The standard InChI is InChI=1S/C13H24N2S/c1-9(2)8-13(6,7)10-14-11(16-15-10)12(3,4)5/h9H,8H2,1-7H3. The molecule has 1 rings (SSSR count). The summed E-state index contributed by atoms with van der Waals surface area (Å²) in [5.41, 5.74) is 0.206. The van der Waals surface area contributed by atoms with E-state index in [4.69, 9.17) is 4.98 Å². The molecule has 0 saturated carbocycles. The summed E-state index contributed by atoms with van der Waals surface area (Å²) in [4.78, 5) is 4.71. The fourth-order valence-electron chi connectivity index (χ4n) is 1.91. The molecule has 0 aliphatic heterocycles. The zero-order valence-corrected chi connectivity index (χ0v) is 12.4. The van der Waals surface area contributed by atoms with Crippen molar-refractivity contribution in [2.45, 2.75) is 65.7 Å². The van der Waals surface area contributed by atoms with Crippen LogP contribution >= 0.6 is 11.5 Å². The van der Waals surface area contributed by atoms with Crippen LogP contribution in [0.2, 0.25) is 0 Å². The van der Waals surface area contributed by atoms with Crippen molar-refractivity contribution >= 4 is 11.5 Å². The van der Waals surface area contributed by atoms with E-state index in [9.17, 15) is 0 Å². The minimum absolute atomic E-state index is 0.0914. The molecule has 0 atom stereocenters. The van der Waals surface area contributed by atoms with Gasteiger partial charge in [-0.25, -0.2) is 4.98 Å². The SMILES string of the molecule is CC(C)CC(C)(C)c1nsc(C(C)(C)C)n1. The molecule has 0 amide bonds. The van der Waals surface area contributed by atoms with Gasteiger partial charge in [0.1, 0.15) is 10.8 Å². The van der Waals surface area contributed by atoms with Crippen molar-refractivity contribution in [3.63, 3.8) is 0 Å². The van der Waals surface area contributed by atoms with E-state index in [0.29, 0.717) is 5.92 Å². The van der Waals surface area contributed by atoms with Gasteiger partial charge in [0.05, 0.1) is 0 Å². The number of nitrogens with zero attached hydrogens (tertiary/aromatic N) is 2. The number of hydrogen-bond donors (Lipinski definition) is 0. The summed E-state index contributed by atoms with van der Waals surface area (Å²) in [6, 6.07) is 0. The van der Waals surface area contributed by atoms with Crippen molar-refractivity contribution in [2.24, 2.45) is 5.92 Å². The van der Waals surface area contributed by atoms with E-state index in [0.717, 1.165) is 17.3 Å². The Bertz CT molecular complexity index is 345. The van der Waals surface area contributed by atoms with E-state index in [1.165, 1.54) is 0 Å². The Morgan fingerprint density at radius 1 is 1.12 bits per heavy atom. The van der Waals surface area contributed by atoms with Crippen molar-refractivity contribution in [3.8, 4) is 0 Å².